The molecule has 0 heterocycles. The van der Waals surface area contributed by atoms with E-state index in [0.29, 0.717) is 11.5 Å². The maximum absolute atomic E-state index is 12.3. The van der Waals surface area contributed by atoms with Gasteiger partial charge >= 0.3 is 0 Å². The second-order valence-corrected chi connectivity index (χ2v) is 7.80. The van der Waals surface area contributed by atoms with Crippen LogP contribution in [0.15, 0.2) is 53.4 Å². The fourth-order valence-electron chi connectivity index (χ4n) is 2.31. The summed E-state index contributed by atoms with van der Waals surface area (Å²) in [5.41, 5.74) is 0.267. The van der Waals surface area contributed by atoms with Gasteiger partial charge in [0.05, 0.1) is 18.6 Å². The number of hydrogen-bond donors (Lipinski definition) is 2. The number of benzene rings is 2. The van der Waals surface area contributed by atoms with Crippen LogP contribution >= 0.6 is 0 Å². The van der Waals surface area contributed by atoms with Crippen molar-refractivity contribution in [3.63, 3.8) is 0 Å². The summed E-state index contributed by atoms with van der Waals surface area (Å²) in [7, 11) is -2.08. The van der Waals surface area contributed by atoms with Gasteiger partial charge in [0.15, 0.2) is 0 Å². The van der Waals surface area contributed by atoms with Gasteiger partial charge in [0.25, 0.3) is 5.91 Å². The Kier molecular flexibility index (Phi) is 7.20. The molecule has 2 N–H and O–H groups in total. The van der Waals surface area contributed by atoms with Crippen LogP contribution in [0.4, 0.5) is 0 Å². The van der Waals surface area contributed by atoms with Gasteiger partial charge in [-0.1, -0.05) is 12.1 Å². The molecule has 2 aromatic carbocycles. The molecule has 0 aliphatic carbocycles. The molecule has 0 saturated heterocycles. The first-order chi connectivity index (χ1) is 12.8. The molecule has 0 aliphatic rings. The summed E-state index contributed by atoms with van der Waals surface area (Å²) in [4.78, 5) is 12.3. The summed E-state index contributed by atoms with van der Waals surface area (Å²) < 4.78 is 37.6. The second kappa shape index (κ2) is 9.38. The smallest absolute Gasteiger partial charge is 0.251 e. The number of nitrogens with one attached hydrogen (secondary N) is 2. The molecule has 2 aromatic rings. The van der Waals surface area contributed by atoms with E-state index in [2.05, 4.69) is 10.0 Å². The lowest BCUT2D eigenvalue weighted by molar-refractivity contribution is 0.0946. The van der Waals surface area contributed by atoms with E-state index in [-0.39, 0.29) is 35.6 Å². The van der Waals surface area contributed by atoms with Gasteiger partial charge in [-0.2, -0.15) is 0 Å². The Balaban J connectivity index is 1.91. The Morgan fingerprint density at radius 3 is 2.48 bits per heavy atom. The highest BCUT2D eigenvalue weighted by Crippen LogP contribution is 2.18. The third-order valence-electron chi connectivity index (χ3n) is 3.49. The average Bonchev–Trinajstić information content (AvgIpc) is 2.64. The predicted octanol–water partition coefficient (Wildman–Crippen LogP) is 2.19. The highest BCUT2D eigenvalue weighted by Gasteiger charge is 2.17. The van der Waals surface area contributed by atoms with Crippen LogP contribution in [0.2, 0.25) is 0 Å². The minimum atomic E-state index is -3.65. The van der Waals surface area contributed by atoms with Crippen LogP contribution in [-0.4, -0.2) is 40.6 Å². The van der Waals surface area contributed by atoms with Crippen molar-refractivity contribution >= 4 is 15.9 Å². The molecule has 0 aliphatic heterocycles. The first-order valence-electron chi connectivity index (χ1n) is 8.49. The van der Waals surface area contributed by atoms with Crippen molar-refractivity contribution in [3.8, 4) is 11.5 Å². The maximum Gasteiger partial charge on any atom is 0.251 e. The van der Waals surface area contributed by atoms with Gasteiger partial charge in [0.1, 0.15) is 18.1 Å². The van der Waals surface area contributed by atoms with Crippen LogP contribution in [0.25, 0.3) is 0 Å². The molecule has 0 bridgehead atoms. The second-order valence-electron chi connectivity index (χ2n) is 6.09. The van der Waals surface area contributed by atoms with Gasteiger partial charge in [0.2, 0.25) is 10.0 Å². The van der Waals surface area contributed by atoms with Crippen LogP contribution in [-0.2, 0) is 10.0 Å². The first kappa shape index (κ1) is 20.7. The van der Waals surface area contributed by atoms with Gasteiger partial charge in [-0.3, -0.25) is 4.79 Å². The summed E-state index contributed by atoms with van der Waals surface area (Å²) in [5.74, 6) is 0.951. The van der Waals surface area contributed by atoms with Crippen molar-refractivity contribution in [2.45, 2.75) is 24.8 Å². The van der Waals surface area contributed by atoms with Crippen molar-refractivity contribution < 1.29 is 22.7 Å². The molecule has 27 heavy (non-hydrogen) atoms. The molecule has 7 nitrogen and oxygen atoms in total. The number of carbonyl (C=O) groups excluding carboxylic acids is 1. The number of hydrogen-bond acceptors (Lipinski definition) is 5. The Labute approximate surface area is 159 Å². The van der Waals surface area contributed by atoms with E-state index in [9.17, 15) is 13.2 Å². The van der Waals surface area contributed by atoms with Gasteiger partial charge in [0, 0.05) is 17.7 Å². The SMILES string of the molecule is COc1cccc(OCCNC(=O)c2cccc(S(=O)(=O)NC(C)C)c2)c1. The van der Waals surface area contributed by atoms with Crippen LogP contribution in [0, 0.1) is 0 Å². The number of sulfonamides is 1. The molecule has 0 aromatic heterocycles. The number of rotatable bonds is 9. The van der Waals surface area contributed by atoms with E-state index in [4.69, 9.17) is 9.47 Å². The Hall–Kier alpha value is -2.58. The zero-order valence-corrected chi connectivity index (χ0v) is 16.4. The van der Waals surface area contributed by atoms with Crippen molar-refractivity contribution in [1.29, 1.82) is 0 Å². The maximum atomic E-state index is 12.3. The lowest BCUT2D eigenvalue weighted by atomic mass is 10.2. The van der Waals surface area contributed by atoms with Crippen LogP contribution in [0.5, 0.6) is 11.5 Å². The van der Waals surface area contributed by atoms with E-state index in [1.165, 1.54) is 18.2 Å². The summed E-state index contributed by atoms with van der Waals surface area (Å²) in [6.07, 6.45) is 0. The van der Waals surface area contributed by atoms with E-state index >= 15 is 0 Å². The Morgan fingerprint density at radius 2 is 1.78 bits per heavy atom. The first-order valence-corrected chi connectivity index (χ1v) is 9.97. The lowest BCUT2D eigenvalue weighted by Crippen LogP contribution is -2.31. The normalized spacial score (nSPS) is 11.3. The van der Waals surface area contributed by atoms with Crippen LogP contribution < -0.4 is 19.5 Å². The van der Waals surface area contributed by atoms with Gasteiger partial charge in [-0.05, 0) is 44.2 Å². The minimum absolute atomic E-state index is 0.0523. The topological polar surface area (TPSA) is 93.7 Å². The molecule has 0 fully saturated rings. The molecule has 8 heteroatoms. The van der Waals surface area contributed by atoms with Crippen molar-refractivity contribution in [1.82, 2.24) is 10.0 Å². The monoisotopic (exact) mass is 392 g/mol. The van der Waals surface area contributed by atoms with Gasteiger partial charge in [-0.25, -0.2) is 13.1 Å². The van der Waals surface area contributed by atoms with Crippen molar-refractivity contribution in [2.75, 3.05) is 20.3 Å². The molecule has 0 saturated carbocycles. The molecular weight excluding hydrogens is 368 g/mol. The van der Waals surface area contributed by atoms with Crippen LogP contribution in [0.3, 0.4) is 0 Å². The summed E-state index contributed by atoms with van der Waals surface area (Å²) >= 11 is 0. The lowest BCUT2D eigenvalue weighted by Gasteiger charge is -2.11. The minimum Gasteiger partial charge on any atom is -0.497 e. The van der Waals surface area contributed by atoms with E-state index < -0.39 is 10.0 Å². The van der Waals surface area contributed by atoms with Crippen molar-refractivity contribution in [3.05, 3.63) is 54.1 Å². The molecule has 0 atom stereocenters. The van der Waals surface area contributed by atoms with Gasteiger partial charge in [-0.15, -0.1) is 0 Å². The molecule has 2 rings (SSSR count). The number of methoxy groups -OCH3 is 1. The fraction of sp³-hybridized carbons (Fsp3) is 0.316. The van der Waals surface area contributed by atoms with E-state index in [1.807, 2.05) is 12.1 Å². The average molecular weight is 392 g/mol. The third kappa shape index (κ3) is 6.26. The molecule has 0 spiro atoms. The van der Waals surface area contributed by atoms with E-state index in [1.54, 1.807) is 39.2 Å². The fourth-order valence-corrected chi connectivity index (χ4v) is 3.61. The largest absolute Gasteiger partial charge is 0.497 e. The highest BCUT2D eigenvalue weighted by atomic mass is 32.2. The summed E-state index contributed by atoms with van der Waals surface area (Å²) in [6.45, 7) is 4.01. The highest BCUT2D eigenvalue weighted by molar-refractivity contribution is 7.89. The number of amides is 1. The molecular formula is C19H24N2O5S. The predicted molar refractivity (Wildman–Crippen MR) is 103 cm³/mol. The summed E-state index contributed by atoms with van der Waals surface area (Å²) in [6, 6.07) is 12.8. The Bertz CT molecular complexity index is 881. The third-order valence-corrected chi connectivity index (χ3v) is 5.15. The number of ether oxygens (including phenoxy) is 2. The molecule has 1 amide bonds. The number of carbonyl (C=O) groups is 1. The zero-order chi connectivity index (χ0) is 19.9. The molecule has 0 radical (unpaired) electrons. The zero-order valence-electron chi connectivity index (χ0n) is 15.6. The molecule has 146 valence electrons. The quantitative estimate of drug-likeness (QED) is 0.638. The summed E-state index contributed by atoms with van der Waals surface area (Å²) in [5, 5.41) is 2.71. The molecule has 0 unspecified atom stereocenters. The van der Waals surface area contributed by atoms with Gasteiger partial charge < -0.3 is 14.8 Å². The Morgan fingerprint density at radius 1 is 1.07 bits per heavy atom. The standard InChI is InChI=1S/C19H24N2O5S/c1-14(2)21-27(23,24)18-9-4-6-15(12-18)19(22)20-10-11-26-17-8-5-7-16(13-17)25-3/h4-9,12-14,21H,10-11H2,1-3H3,(H,20,22). The van der Waals surface area contributed by atoms with E-state index in [0.717, 1.165) is 0 Å². The van der Waals surface area contributed by atoms with Crippen LogP contribution in [0.1, 0.15) is 24.2 Å². The van der Waals surface area contributed by atoms with Crippen molar-refractivity contribution in [2.24, 2.45) is 0 Å².